The highest BCUT2D eigenvalue weighted by atomic mass is 16.5. The molecule has 3 N–H and O–H groups in total. The number of amides is 3. The molecule has 0 fully saturated rings. The van der Waals surface area contributed by atoms with Gasteiger partial charge in [0.1, 0.15) is 5.75 Å². The van der Waals surface area contributed by atoms with Crippen molar-refractivity contribution in [3.05, 3.63) is 120 Å². The van der Waals surface area contributed by atoms with E-state index in [1.807, 2.05) is 97.0 Å². The maximum absolute atomic E-state index is 12.7. The Morgan fingerprint density at radius 3 is 2.37 bits per heavy atom. The number of hydrogen-bond acceptors (Lipinski definition) is 5. The molecule has 9 nitrogen and oxygen atoms in total. The first-order valence-electron chi connectivity index (χ1n) is 13.9. The van der Waals surface area contributed by atoms with E-state index >= 15 is 0 Å². The number of ether oxygens (including phenoxy) is 1. The number of carbonyl (C=O) groups excluding carboxylic acids is 2. The molecule has 0 radical (unpaired) electrons. The number of allylic oxidation sites excluding steroid dienone is 3. The van der Waals surface area contributed by atoms with Gasteiger partial charge in [-0.2, -0.15) is 0 Å². The van der Waals surface area contributed by atoms with Gasteiger partial charge < -0.3 is 30.3 Å². The van der Waals surface area contributed by atoms with Gasteiger partial charge in [0.05, 0.1) is 25.3 Å². The van der Waals surface area contributed by atoms with E-state index in [1.165, 1.54) is 14.0 Å². The quantitative estimate of drug-likeness (QED) is 0.228. The third-order valence-corrected chi connectivity index (χ3v) is 7.05. The fraction of sp³-hybridized carbons (Fsp3) is 0.206. The molecule has 9 heteroatoms. The topological polar surface area (TPSA) is 111 Å². The van der Waals surface area contributed by atoms with Gasteiger partial charge in [-0.3, -0.25) is 9.59 Å². The maximum atomic E-state index is 12.7. The Kier molecular flexibility index (Phi) is 10.4. The van der Waals surface area contributed by atoms with Crippen molar-refractivity contribution in [1.29, 1.82) is 0 Å². The van der Waals surface area contributed by atoms with Crippen molar-refractivity contribution in [1.82, 2.24) is 4.90 Å². The van der Waals surface area contributed by atoms with E-state index in [0.29, 0.717) is 35.8 Å². The van der Waals surface area contributed by atoms with E-state index in [2.05, 4.69) is 10.6 Å². The van der Waals surface area contributed by atoms with Crippen LogP contribution in [0.15, 0.2) is 109 Å². The van der Waals surface area contributed by atoms with Gasteiger partial charge in [-0.1, -0.05) is 60.7 Å². The summed E-state index contributed by atoms with van der Waals surface area (Å²) in [6, 6.07) is 21.4. The number of para-hydroxylation sites is 1. The van der Waals surface area contributed by atoms with E-state index in [0.717, 1.165) is 16.7 Å². The van der Waals surface area contributed by atoms with Crippen LogP contribution in [0, 0.1) is 6.92 Å². The van der Waals surface area contributed by atoms with Gasteiger partial charge in [0.15, 0.2) is 0 Å². The third-order valence-electron chi connectivity index (χ3n) is 7.05. The largest absolute Gasteiger partial charge is 0.494 e. The van der Waals surface area contributed by atoms with Crippen LogP contribution in [0.3, 0.4) is 0 Å². The maximum Gasteiger partial charge on any atom is 0.323 e. The molecule has 3 aromatic carbocycles. The summed E-state index contributed by atoms with van der Waals surface area (Å²) in [6.07, 6.45) is 9.97. The number of urea groups is 1. The van der Waals surface area contributed by atoms with Crippen molar-refractivity contribution < 1.29 is 24.2 Å². The van der Waals surface area contributed by atoms with E-state index in [-0.39, 0.29) is 18.4 Å². The number of carboxylic acid groups (broad SMARTS) is 1. The number of benzene rings is 3. The Hall–Kier alpha value is -5.31. The van der Waals surface area contributed by atoms with Crippen LogP contribution in [0.25, 0.3) is 0 Å². The highest BCUT2D eigenvalue weighted by molar-refractivity contribution is 6.01. The molecule has 0 bridgehead atoms. The Balaban J connectivity index is 1.49. The van der Waals surface area contributed by atoms with E-state index < -0.39 is 12.0 Å². The van der Waals surface area contributed by atoms with Crippen LogP contribution >= 0.6 is 0 Å². The number of nitrogens with zero attached hydrogens (tertiary/aromatic N) is 2. The first-order valence-corrected chi connectivity index (χ1v) is 13.9. The van der Waals surface area contributed by atoms with Crippen molar-refractivity contribution >= 4 is 35.0 Å². The summed E-state index contributed by atoms with van der Waals surface area (Å²) in [4.78, 5) is 40.7. The number of nitrogens with one attached hydrogen (secondary N) is 2. The summed E-state index contributed by atoms with van der Waals surface area (Å²) in [5.41, 5.74) is 4.54. The lowest BCUT2D eigenvalue weighted by Crippen LogP contribution is -2.30. The molecular formula is C34H36N4O5. The smallest absolute Gasteiger partial charge is 0.323 e. The number of anilines is 3. The normalized spacial score (nSPS) is 13.0. The van der Waals surface area contributed by atoms with E-state index in [4.69, 9.17) is 4.74 Å². The van der Waals surface area contributed by atoms with Gasteiger partial charge >= 0.3 is 12.0 Å². The van der Waals surface area contributed by atoms with Crippen LogP contribution in [-0.2, 0) is 9.59 Å². The number of carboxylic acids is 1. The van der Waals surface area contributed by atoms with Crippen LogP contribution < -0.4 is 20.3 Å². The average Bonchev–Trinajstić information content (AvgIpc) is 3.23. The van der Waals surface area contributed by atoms with Crippen molar-refractivity contribution in [2.24, 2.45) is 0 Å². The summed E-state index contributed by atoms with van der Waals surface area (Å²) in [5, 5.41) is 15.2. The lowest BCUT2D eigenvalue weighted by molar-refractivity contribution is -0.138. The number of methoxy groups -OCH3 is 1. The number of rotatable bonds is 11. The molecule has 1 aliphatic rings. The van der Waals surface area contributed by atoms with Gasteiger partial charge in [0, 0.05) is 43.3 Å². The minimum Gasteiger partial charge on any atom is -0.494 e. The zero-order valence-corrected chi connectivity index (χ0v) is 24.5. The summed E-state index contributed by atoms with van der Waals surface area (Å²) < 4.78 is 5.55. The Labute approximate surface area is 251 Å². The second-order valence-electron chi connectivity index (χ2n) is 10.1. The predicted molar refractivity (Wildman–Crippen MR) is 169 cm³/mol. The Bertz CT molecular complexity index is 1550. The first-order chi connectivity index (χ1) is 20.7. The molecule has 0 saturated heterocycles. The summed E-state index contributed by atoms with van der Waals surface area (Å²) in [5.74, 6) is -0.634. The van der Waals surface area contributed by atoms with Crippen molar-refractivity contribution in [3.63, 3.8) is 0 Å². The number of aliphatic carboxylic acids is 1. The van der Waals surface area contributed by atoms with Gasteiger partial charge in [0.2, 0.25) is 5.91 Å². The van der Waals surface area contributed by atoms with Crippen LogP contribution in [0.1, 0.15) is 36.9 Å². The highest BCUT2D eigenvalue weighted by Gasteiger charge is 2.21. The summed E-state index contributed by atoms with van der Waals surface area (Å²) in [7, 11) is 1.50. The van der Waals surface area contributed by atoms with Gasteiger partial charge in [-0.15, -0.1) is 0 Å². The van der Waals surface area contributed by atoms with Gasteiger partial charge in [-0.25, -0.2) is 4.79 Å². The molecule has 1 unspecified atom stereocenters. The van der Waals surface area contributed by atoms with E-state index in [9.17, 15) is 19.5 Å². The molecule has 3 aromatic rings. The number of carbonyl (C=O) groups is 3. The molecule has 1 aliphatic heterocycles. The first kappa shape index (κ1) is 30.6. The molecular weight excluding hydrogens is 544 g/mol. The van der Waals surface area contributed by atoms with Gasteiger partial charge in [-0.05, 0) is 54.3 Å². The molecule has 4 rings (SSSR count). The zero-order chi connectivity index (χ0) is 30.8. The van der Waals surface area contributed by atoms with Crippen LogP contribution in [0.2, 0.25) is 0 Å². The summed E-state index contributed by atoms with van der Waals surface area (Å²) in [6.45, 7) is 3.78. The fourth-order valence-corrected chi connectivity index (χ4v) is 4.83. The highest BCUT2D eigenvalue weighted by Crippen LogP contribution is 2.32. The monoisotopic (exact) mass is 580 g/mol. The molecule has 1 heterocycles. The lowest BCUT2D eigenvalue weighted by Gasteiger charge is -2.28. The minimum atomic E-state index is -0.892. The SMILES string of the molecule is COc1cc(N(CCC2=CN(C(CC(=O)O)c3ccccc3)C=CC=C2)C(C)=O)ccc1NC(=O)Nc1ccccc1C. The minimum absolute atomic E-state index is 0.0686. The van der Waals surface area contributed by atoms with Crippen LogP contribution in [0.5, 0.6) is 5.75 Å². The molecule has 0 aromatic heterocycles. The fourth-order valence-electron chi connectivity index (χ4n) is 4.83. The van der Waals surface area contributed by atoms with Crippen molar-refractivity contribution in [2.75, 3.05) is 29.2 Å². The molecule has 1 atom stereocenters. The number of hydrogen-bond donors (Lipinski definition) is 3. The molecule has 222 valence electrons. The second kappa shape index (κ2) is 14.5. The average molecular weight is 581 g/mol. The lowest BCUT2D eigenvalue weighted by atomic mass is 10.0. The van der Waals surface area contributed by atoms with Crippen LogP contribution in [-0.4, -0.2) is 41.6 Å². The number of aryl methyl sites for hydroxylation is 1. The van der Waals surface area contributed by atoms with Gasteiger partial charge in [0.25, 0.3) is 0 Å². The van der Waals surface area contributed by atoms with Crippen molar-refractivity contribution in [2.45, 2.75) is 32.7 Å². The summed E-state index contributed by atoms with van der Waals surface area (Å²) >= 11 is 0. The zero-order valence-electron chi connectivity index (χ0n) is 24.5. The molecule has 0 aliphatic carbocycles. The van der Waals surface area contributed by atoms with Crippen LogP contribution in [0.4, 0.5) is 21.9 Å². The standard InChI is InChI=1S/C34H36N4O5/c1-24-11-7-8-15-29(24)35-34(42)36-30-17-16-28(21-32(30)43-3)38(25(2)39)20-18-26-12-9-10-19-37(23-26)31(22-33(40)41)27-13-5-4-6-14-27/h4-17,19,21,23,31H,18,20,22H2,1-3H3,(H,40,41)(H2,35,36,42). The predicted octanol–water partition coefficient (Wildman–Crippen LogP) is 6.88. The molecule has 43 heavy (non-hydrogen) atoms. The second-order valence-corrected chi connectivity index (χ2v) is 10.1. The Morgan fingerprint density at radius 1 is 0.953 bits per heavy atom. The molecule has 0 spiro atoms. The van der Waals surface area contributed by atoms with Crippen molar-refractivity contribution in [3.8, 4) is 5.75 Å². The molecule has 3 amide bonds. The molecule has 0 saturated carbocycles. The Morgan fingerprint density at radius 2 is 1.67 bits per heavy atom. The van der Waals surface area contributed by atoms with E-state index in [1.54, 1.807) is 23.1 Å². The third kappa shape index (κ3) is 8.36.